The molecule has 0 spiro atoms. The lowest BCUT2D eigenvalue weighted by Crippen LogP contribution is -2.23. The molecule has 7 heteroatoms. The number of aryl methyl sites for hydroxylation is 2. The molecule has 1 aromatic heterocycles. The van der Waals surface area contributed by atoms with Gasteiger partial charge in [0.25, 0.3) is 5.56 Å². The summed E-state index contributed by atoms with van der Waals surface area (Å²) < 4.78 is 1.87. The fourth-order valence-corrected chi connectivity index (χ4v) is 5.61. The zero-order valence-corrected chi connectivity index (χ0v) is 12.7. The molecule has 1 aliphatic carbocycles. The van der Waals surface area contributed by atoms with Crippen LogP contribution in [0, 0.1) is 6.92 Å². The lowest BCUT2D eigenvalue weighted by atomic mass is 10.2. The SMILES string of the molecule is Cc1nc2c(c(=O)n1P(P)PP)CCC2. The topological polar surface area (TPSA) is 34.9 Å². The van der Waals surface area contributed by atoms with Gasteiger partial charge in [0.1, 0.15) is 5.82 Å². The van der Waals surface area contributed by atoms with E-state index in [-0.39, 0.29) is 5.56 Å². The Balaban J connectivity index is 2.61. The number of aromatic nitrogens is 2. The second kappa shape index (κ2) is 4.85. The molecule has 1 aromatic rings. The van der Waals surface area contributed by atoms with Crippen LogP contribution in [0.5, 0.6) is 0 Å². The average Bonchev–Trinajstić information content (AvgIpc) is 2.65. The molecule has 4 atom stereocenters. The molecule has 0 aromatic carbocycles. The number of hydrogen-bond donors (Lipinski definition) is 0. The number of hydrogen-bond acceptors (Lipinski definition) is 2. The van der Waals surface area contributed by atoms with Crippen LogP contribution in [0.3, 0.4) is 0 Å². The maximum Gasteiger partial charge on any atom is 0.260 e. The second-order valence-electron chi connectivity index (χ2n) is 3.53. The van der Waals surface area contributed by atoms with Crippen LogP contribution in [0.25, 0.3) is 0 Å². The lowest BCUT2D eigenvalue weighted by molar-refractivity contribution is 0.891. The fourth-order valence-electron chi connectivity index (χ4n) is 1.91. The van der Waals surface area contributed by atoms with Crippen molar-refractivity contribution in [2.24, 2.45) is 0 Å². The minimum Gasteiger partial charge on any atom is -0.269 e. The lowest BCUT2D eigenvalue weighted by Gasteiger charge is -2.16. The predicted molar refractivity (Wildman–Crippen MR) is 75.3 cm³/mol. The maximum atomic E-state index is 12.2. The maximum absolute atomic E-state index is 12.2. The van der Waals surface area contributed by atoms with Crippen LogP contribution in [-0.2, 0) is 12.8 Å². The molecule has 0 aliphatic heterocycles. The highest BCUT2D eigenvalue weighted by molar-refractivity contribution is 8.60. The molecule has 0 radical (unpaired) electrons. The minimum absolute atomic E-state index is 0.200. The molecule has 0 N–H and O–H groups in total. The van der Waals surface area contributed by atoms with Gasteiger partial charge in [-0.3, -0.25) is 9.13 Å². The molecule has 15 heavy (non-hydrogen) atoms. The van der Waals surface area contributed by atoms with Crippen LogP contribution < -0.4 is 5.56 Å². The average molecular weight is 278 g/mol. The van der Waals surface area contributed by atoms with Gasteiger partial charge in [0.15, 0.2) is 0 Å². The van der Waals surface area contributed by atoms with Crippen molar-refractivity contribution in [3.05, 3.63) is 27.4 Å². The van der Waals surface area contributed by atoms with Gasteiger partial charge in [-0.15, -0.1) is 8.93 Å². The van der Waals surface area contributed by atoms with Crippen molar-refractivity contribution >= 4 is 33.3 Å². The summed E-state index contributed by atoms with van der Waals surface area (Å²) in [5.41, 5.74) is 2.19. The Morgan fingerprint density at radius 3 is 2.93 bits per heavy atom. The van der Waals surface area contributed by atoms with E-state index in [1.165, 1.54) is 0 Å². The van der Waals surface area contributed by atoms with Crippen molar-refractivity contribution < 1.29 is 0 Å². The molecule has 0 saturated carbocycles. The van der Waals surface area contributed by atoms with Gasteiger partial charge in [0.2, 0.25) is 0 Å². The molecule has 0 fully saturated rings. The zero-order chi connectivity index (χ0) is 11.0. The number of nitrogens with zero attached hydrogens (tertiary/aromatic N) is 2. The highest BCUT2D eigenvalue weighted by Gasteiger charge is 2.20. The first-order chi connectivity index (χ1) is 7.15. The van der Waals surface area contributed by atoms with Gasteiger partial charge in [-0.05, 0) is 26.2 Å². The Bertz CT molecular complexity index is 445. The summed E-state index contributed by atoms with van der Waals surface area (Å²) in [4.78, 5) is 16.7. The van der Waals surface area contributed by atoms with E-state index in [9.17, 15) is 4.79 Å². The van der Waals surface area contributed by atoms with Gasteiger partial charge >= 0.3 is 0 Å². The third kappa shape index (κ3) is 2.18. The number of rotatable bonds is 2. The molecule has 1 heterocycles. The van der Waals surface area contributed by atoms with Crippen LogP contribution >= 0.6 is 33.3 Å². The summed E-state index contributed by atoms with van der Waals surface area (Å²) in [7, 11) is 5.71. The summed E-state index contributed by atoms with van der Waals surface area (Å²) in [6, 6.07) is 0. The van der Waals surface area contributed by atoms with E-state index in [2.05, 4.69) is 22.8 Å². The van der Waals surface area contributed by atoms with Crippen molar-refractivity contribution in [2.75, 3.05) is 0 Å². The Hall–Kier alpha value is 0.600. The highest BCUT2D eigenvalue weighted by atomic mass is 32.6. The van der Waals surface area contributed by atoms with Crippen molar-refractivity contribution in [1.82, 2.24) is 9.32 Å². The molecule has 0 saturated heterocycles. The predicted octanol–water partition coefficient (Wildman–Crippen LogP) is 2.46. The summed E-state index contributed by atoms with van der Waals surface area (Å²) in [5, 5.41) is 0. The summed E-state index contributed by atoms with van der Waals surface area (Å²) in [6.45, 7) is 1.93. The molecule has 1 aliphatic rings. The van der Waals surface area contributed by atoms with Crippen LogP contribution in [0.15, 0.2) is 4.79 Å². The second-order valence-corrected chi connectivity index (χ2v) is 12.4. The van der Waals surface area contributed by atoms with Crippen LogP contribution in [0.2, 0.25) is 0 Å². The quantitative estimate of drug-likeness (QED) is 0.779. The van der Waals surface area contributed by atoms with Crippen LogP contribution in [0.1, 0.15) is 23.5 Å². The Labute approximate surface area is 96.5 Å². The minimum atomic E-state index is -0.473. The van der Waals surface area contributed by atoms with E-state index in [4.69, 9.17) is 0 Å². The molecule has 4 unspecified atom stereocenters. The largest absolute Gasteiger partial charge is 0.269 e. The van der Waals surface area contributed by atoms with E-state index in [1.807, 2.05) is 11.3 Å². The van der Waals surface area contributed by atoms with E-state index < -0.39 is 7.45 Å². The summed E-state index contributed by atoms with van der Waals surface area (Å²) >= 11 is 0. The summed E-state index contributed by atoms with van der Waals surface area (Å²) in [5.74, 6) is 0.872. The van der Waals surface area contributed by atoms with E-state index in [0.717, 1.165) is 36.3 Å². The normalized spacial score (nSPS) is 17.3. The molecule has 0 bridgehead atoms. The zero-order valence-electron chi connectivity index (χ0n) is 8.53. The van der Waals surface area contributed by atoms with E-state index >= 15 is 0 Å². The van der Waals surface area contributed by atoms with Gasteiger partial charge in [-0.1, -0.05) is 16.9 Å². The van der Waals surface area contributed by atoms with Crippen LogP contribution in [0.4, 0.5) is 0 Å². The first kappa shape index (κ1) is 12.1. The Kier molecular flexibility index (Phi) is 3.90. The van der Waals surface area contributed by atoms with Crippen molar-refractivity contribution in [3.8, 4) is 0 Å². The Morgan fingerprint density at radius 2 is 2.27 bits per heavy atom. The van der Waals surface area contributed by atoms with Gasteiger partial charge in [-0.2, -0.15) is 0 Å². The molecular weight excluding hydrogens is 264 g/mol. The van der Waals surface area contributed by atoms with E-state index in [1.54, 1.807) is 0 Å². The molecule has 0 amide bonds. The van der Waals surface area contributed by atoms with Gasteiger partial charge in [-0.25, -0.2) is 4.98 Å². The van der Waals surface area contributed by atoms with Crippen molar-refractivity contribution in [1.29, 1.82) is 0 Å². The number of fused-ring (bicyclic) bond motifs is 1. The smallest absolute Gasteiger partial charge is 0.260 e. The van der Waals surface area contributed by atoms with Gasteiger partial charge < -0.3 is 0 Å². The third-order valence-corrected chi connectivity index (χ3v) is 12.2. The molecular formula is C8H14N2OP4. The fraction of sp³-hybridized carbons (Fsp3) is 0.500. The van der Waals surface area contributed by atoms with Crippen molar-refractivity contribution in [3.63, 3.8) is 0 Å². The molecule has 3 nitrogen and oxygen atoms in total. The van der Waals surface area contributed by atoms with Gasteiger partial charge in [0.05, 0.1) is 5.69 Å². The van der Waals surface area contributed by atoms with Crippen molar-refractivity contribution in [2.45, 2.75) is 26.2 Å². The summed E-state index contributed by atoms with van der Waals surface area (Å²) in [6.07, 6.45) is 2.97. The molecule has 82 valence electrons. The van der Waals surface area contributed by atoms with E-state index in [0.29, 0.717) is 7.96 Å². The standard InChI is InChI=1S/C8H14N2OP4/c1-5-9-7-4-2-3-6(7)8(11)10(5)15(13)14-12/h14H,2-4,12-13H2,1H3. The third-order valence-electron chi connectivity index (χ3n) is 2.59. The van der Waals surface area contributed by atoms with Gasteiger partial charge in [0, 0.05) is 13.0 Å². The highest BCUT2D eigenvalue weighted by Crippen LogP contribution is 2.66. The molecule has 2 rings (SSSR count). The Morgan fingerprint density at radius 1 is 1.53 bits per heavy atom. The van der Waals surface area contributed by atoms with Crippen LogP contribution in [-0.4, -0.2) is 9.32 Å². The monoisotopic (exact) mass is 278 g/mol. The first-order valence-electron chi connectivity index (χ1n) is 4.78. The first-order valence-corrected chi connectivity index (χ1v) is 11.3.